The Bertz CT molecular complexity index is 1510. The Morgan fingerprint density at radius 2 is 1.76 bits per heavy atom. The van der Waals surface area contributed by atoms with Gasteiger partial charge in [0.1, 0.15) is 11.5 Å². The zero-order valence-electron chi connectivity index (χ0n) is 21.3. The lowest BCUT2D eigenvalue weighted by Gasteiger charge is -2.20. The number of aryl methyl sites for hydroxylation is 2. The predicted molar refractivity (Wildman–Crippen MR) is 140 cm³/mol. The fraction of sp³-hybridized carbons (Fsp3) is 0.250. The summed E-state index contributed by atoms with van der Waals surface area (Å²) in [7, 11) is 2.83. The van der Waals surface area contributed by atoms with Crippen LogP contribution < -0.4 is 10.3 Å². The molecule has 4 N–H and O–H groups in total. The molecule has 0 radical (unpaired) electrons. The lowest BCUT2D eigenvalue weighted by Crippen LogP contribution is -2.29. The number of aromatic hydroxyl groups is 3. The summed E-state index contributed by atoms with van der Waals surface area (Å²) in [5.41, 5.74) is 2.72. The summed E-state index contributed by atoms with van der Waals surface area (Å²) in [5.74, 6) is -1.45. The molecule has 10 heteroatoms. The van der Waals surface area contributed by atoms with E-state index in [1.54, 1.807) is 32.2 Å². The molecular formula is C28H29N3O7. The standard InChI is InChI=1S/C28H29N3O7/c1-16-12-24(34)26(28(36)31(16)11-10-17-4-9-22(32)23(33)13-17)20(14-25(35)38-3)21-15-29-30-27(21)18-5-7-19(37-2)8-6-18/h4-9,12-13,15,20,32-34H,10-11,14H2,1-3H3,(H,29,30)/t20-/m1/s1. The van der Waals surface area contributed by atoms with Crippen molar-refractivity contribution in [3.05, 3.63) is 87.5 Å². The Hall–Kier alpha value is -4.73. The number of benzene rings is 2. The van der Waals surface area contributed by atoms with Gasteiger partial charge in [0, 0.05) is 29.3 Å². The number of nitrogens with one attached hydrogen (secondary N) is 1. The molecule has 0 aliphatic carbocycles. The maximum atomic E-state index is 13.8. The van der Waals surface area contributed by atoms with Gasteiger partial charge in [-0.25, -0.2) is 0 Å². The van der Waals surface area contributed by atoms with Gasteiger partial charge >= 0.3 is 5.97 Å². The summed E-state index contributed by atoms with van der Waals surface area (Å²) in [5, 5.41) is 37.5. The van der Waals surface area contributed by atoms with E-state index >= 15 is 0 Å². The quantitative estimate of drug-likeness (QED) is 0.194. The predicted octanol–water partition coefficient (Wildman–Crippen LogP) is 3.61. The first-order chi connectivity index (χ1) is 18.2. The fourth-order valence-corrected chi connectivity index (χ4v) is 4.51. The van der Waals surface area contributed by atoms with Crippen LogP contribution in [-0.4, -0.2) is 50.3 Å². The van der Waals surface area contributed by atoms with Gasteiger partial charge in [-0.1, -0.05) is 6.07 Å². The topological polar surface area (TPSA) is 147 Å². The van der Waals surface area contributed by atoms with Gasteiger partial charge in [0.2, 0.25) is 0 Å². The van der Waals surface area contributed by atoms with Crippen LogP contribution in [0.1, 0.15) is 34.7 Å². The second-order valence-electron chi connectivity index (χ2n) is 8.88. The van der Waals surface area contributed by atoms with Crippen molar-refractivity contribution >= 4 is 5.97 Å². The van der Waals surface area contributed by atoms with Crippen LogP contribution in [-0.2, 0) is 22.5 Å². The number of pyridine rings is 1. The molecule has 0 fully saturated rings. The van der Waals surface area contributed by atoms with Crippen LogP contribution in [0.25, 0.3) is 11.3 Å². The number of H-pyrrole nitrogens is 1. The number of aromatic nitrogens is 3. The highest BCUT2D eigenvalue weighted by Gasteiger charge is 2.29. The van der Waals surface area contributed by atoms with Crippen molar-refractivity contribution < 1.29 is 29.6 Å². The number of phenolic OH excluding ortho intramolecular Hbond substituents is 2. The molecule has 1 atom stereocenters. The number of phenols is 2. The molecule has 2 aromatic heterocycles. The van der Waals surface area contributed by atoms with E-state index in [4.69, 9.17) is 9.47 Å². The van der Waals surface area contributed by atoms with Gasteiger partial charge in [0.05, 0.1) is 38.1 Å². The van der Waals surface area contributed by atoms with Crippen LogP contribution in [0.4, 0.5) is 0 Å². The lowest BCUT2D eigenvalue weighted by molar-refractivity contribution is -0.140. The molecule has 0 bridgehead atoms. The monoisotopic (exact) mass is 519 g/mol. The van der Waals surface area contributed by atoms with E-state index in [0.717, 1.165) is 5.56 Å². The number of nitrogens with zero attached hydrogens (tertiary/aromatic N) is 2. The van der Waals surface area contributed by atoms with Crippen molar-refractivity contribution in [3.63, 3.8) is 0 Å². The molecule has 2 heterocycles. The Balaban J connectivity index is 1.78. The zero-order valence-corrected chi connectivity index (χ0v) is 21.3. The van der Waals surface area contributed by atoms with Crippen LogP contribution in [0.5, 0.6) is 23.0 Å². The van der Waals surface area contributed by atoms with Crippen molar-refractivity contribution in [1.82, 2.24) is 14.8 Å². The number of carbonyl (C=O) groups excluding carboxylic acids is 1. The summed E-state index contributed by atoms with van der Waals surface area (Å²) in [6.07, 6.45) is 1.72. The third kappa shape index (κ3) is 5.34. The van der Waals surface area contributed by atoms with E-state index in [-0.39, 0.29) is 35.8 Å². The number of rotatable bonds is 9. The van der Waals surface area contributed by atoms with Gasteiger partial charge in [0.15, 0.2) is 11.5 Å². The van der Waals surface area contributed by atoms with Crippen molar-refractivity contribution in [2.24, 2.45) is 0 Å². The second-order valence-corrected chi connectivity index (χ2v) is 8.88. The van der Waals surface area contributed by atoms with Gasteiger partial charge in [-0.2, -0.15) is 5.10 Å². The molecule has 0 spiro atoms. The molecule has 0 aliphatic rings. The van der Waals surface area contributed by atoms with Gasteiger partial charge in [-0.05, 0) is 61.4 Å². The normalized spacial score (nSPS) is 11.8. The first-order valence-corrected chi connectivity index (χ1v) is 11.9. The SMILES string of the molecule is COC(=O)C[C@H](c1cn[nH]c1-c1ccc(OC)cc1)c1c(O)cc(C)n(CCc2ccc(O)c(O)c2)c1=O. The Labute approximate surface area is 218 Å². The third-order valence-corrected chi connectivity index (χ3v) is 6.56. The van der Waals surface area contributed by atoms with E-state index in [1.807, 2.05) is 12.1 Å². The van der Waals surface area contributed by atoms with Gasteiger partial charge in [-0.15, -0.1) is 0 Å². The van der Waals surface area contributed by atoms with Crippen molar-refractivity contribution in [2.75, 3.05) is 14.2 Å². The van der Waals surface area contributed by atoms with E-state index < -0.39 is 17.4 Å². The summed E-state index contributed by atoms with van der Waals surface area (Å²) in [6, 6.07) is 13.2. The smallest absolute Gasteiger partial charge is 0.306 e. The molecule has 0 aliphatic heterocycles. The summed E-state index contributed by atoms with van der Waals surface area (Å²) in [4.78, 5) is 26.3. The fourth-order valence-electron chi connectivity index (χ4n) is 4.51. The highest BCUT2D eigenvalue weighted by atomic mass is 16.5. The number of hydrogen-bond donors (Lipinski definition) is 4. The number of aromatic amines is 1. The molecule has 4 rings (SSSR count). The minimum Gasteiger partial charge on any atom is -0.507 e. The first-order valence-electron chi connectivity index (χ1n) is 11.9. The van der Waals surface area contributed by atoms with Crippen molar-refractivity contribution in [1.29, 1.82) is 0 Å². The van der Waals surface area contributed by atoms with Crippen LogP contribution in [0.2, 0.25) is 0 Å². The van der Waals surface area contributed by atoms with Crippen molar-refractivity contribution in [2.45, 2.75) is 32.2 Å². The average Bonchev–Trinajstić information content (AvgIpc) is 3.39. The maximum Gasteiger partial charge on any atom is 0.306 e. The van der Waals surface area contributed by atoms with Crippen LogP contribution >= 0.6 is 0 Å². The maximum absolute atomic E-state index is 13.8. The molecule has 198 valence electrons. The molecular weight excluding hydrogens is 490 g/mol. The number of esters is 1. The highest BCUT2D eigenvalue weighted by molar-refractivity contribution is 5.73. The van der Waals surface area contributed by atoms with Crippen LogP contribution in [0, 0.1) is 6.92 Å². The highest BCUT2D eigenvalue weighted by Crippen LogP contribution is 2.37. The number of ether oxygens (including phenoxy) is 2. The molecule has 10 nitrogen and oxygen atoms in total. The number of hydrogen-bond acceptors (Lipinski definition) is 8. The minimum atomic E-state index is -0.852. The summed E-state index contributed by atoms with van der Waals surface area (Å²) < 4.78 is 11.7. The van der Waals surface area contributed by atoms with E-state index in [9.17, 15) is 24.9 Å². The minimum absolute atomic E-state index is 0.0470. The van der Waals surface area contributed by atoms with E-state index in [0.29, 0.717) is 34.7 Å². The molecule has 0 saturated heterocycles. The Morgan fingerprint density at radius 3 is 2.42 bits per heavy atom. The van der Waals surface area contributed by atoms with E-state index in [2.05, 4.69) is 10.2 Å². The van der Waals surface area contributed by atoms with Crippen molar-refractivity contribution in [3.8, 4) is 34.3 Å². The average molecular weight is 520 g/mol. The van der Waals surface area contributed by atoms with Gasteiger partial charge in [0.25, 0.3) is 5.56 Å². The Morgan fingerprint density at radius 1 is 1.03 bits per heavy atom. The van der Waals surface area contributed by atoms with E-state index in [1.165, 1.54) is 36.1 Å². The molecule has 0 unspecified atom stereocenters. The van der Waals surface area contributed by atoms with Crippen LogP contribution in [0.3, 0.4) is 0 Å². The molecule has 4 aromatic rings. The largest absolute Gasteiger partial charge is 0.507 e. The van der Waals surface area contributed by atoms with Crippen LogP contribution in [0.15, 0.2) is 59.5 Å². The second kappa shape index (κ2) is 11.1. The Kier molecular flexibility index (Phi) is 7.71. The summed E-state index contributed by atoms with van der Waals surface area (Å²) >= 11 is 0. The summed E-state index contributed by atoms with van der Waals surface area (Å²) in [6.45, 7) is 1.94. The van der Waals surface area contributed by atoms with Gasteiger partial charge < -0.3 is 29.4 Å². The molecule has 0 amide bonds. The molecule has 2 aromatic carbocycles. The lowest BCUT2D eigenvalue weighted by atomic mass is 9.87. The number of methoxy groups -OCH3 is 2. The molecule has 0 saturated carbocycles. The molecule has 38 heavy (non-hydrogen) atoms. The van der Waals surface area contributed by atoms with Gasteiger partial charge in [-0.3, -0.25) is 14.7 Å². The zero-order chi connectivity index (χ0) is 27.4. The third-order valence-electron chi connectivity index (χ3n) is 6.56. The first kappa shape index (κ1) is 26.3. The number of carbonyl (C=O) groups is 1.